The van der Waals surface area contributed by atoms with Crippen molar-refractivity contribution in [2.75, 3.05) is 26.4 Å². The van der Waals surface area contributed by atoms with Gasteiger partial charge in [0.2, 0.25) is 0 Å². The third kappa shape index (κ3) is 4.11. The van der Waals surface area contributed by atoms with Crippen LogP contribution in [0.1, 0.15) is 19.4 Å². The van der Waals surface area contributed by atoms with Gasteiger partial charge in [0, 0.05) is 19.4 Å². The SMILES string of the molecule is CC1(C)ON=C(c2ccc(OCCOCCO)cc2)O1. The average molecular weight is 281 g/mol. The molecule has 0 aliphatic carbocycles. The Balaban J connectivity index is 1.81. The van der Waals surface area contributed by atoms with E-state index in [-0.39, 0.29) is 6.61 Å². The number of hydrogen-bond donors (Lipinski definition) is 1. The highest BCUT2D eigenvalue weighted by molar-refractivity contribution is 5.94. The maximum atomic E-state index is 8.55. The Kier molecular flexibility index (Phi) is 4.81. The molecule has 0 saturated carbocycles. The Labute approximate surface area is 117 Å². The van der Waals surface area contributed by atoms with Gasteiger partial charge in [0.1, 0.15) is 12.4 Å². The molecule has 0 atom stereocenters. The van der Waals surface area contributed by atoms with Crippen molar-refractivity contribution >= 4 is 5.90 Å². The first kappa shape index (κ1) is 14.6. The number of hydrogen-bond acceptors (Lipinski definition) is 6. The summed E-state index contributed by atoms with van der Waals surface area (Å²) in [5.74, 6) is 0.488. The van der Waals surface area contributed by atoms with E-state index in [1.165, 1.54) is 0 Å². The van der Waals surface area contributed by atoms with Crippen molar-refractivity contribution in [1.29, 1.82) is 0 Å². The lowest BCUT2D eigenvalue weighted by atomic mass is 10.2. The highest BCUT2D eigenvalue weighted by Gasteiger charge is 2.30. The van der Waals surface area contributed by atoms with Crippen LogP contribution >= 0.6 is 0 Å². The molecule has 0 unspecified atom stereocenters. The summed E-state index contributed by atoms with van der Waals surface area (Å²) < 4.78 is 16.1. The molecular formula is C14H19NO5. The summed E-state index contributed by atoms with van der Waals surface area (Å²) in [6.07, 6.45) is 0. The van der Waals surface area contributed by atoms with Gasteiger partial charge < -0.3 is 24.2 Å². The van der Waals surface area contributed by atoms with E-state index in [1.807, 2.05) is 24.3 Å². The first-order valence-electron chi connectivity index (χ1n) is 6.48. The summed E-state index contributed by atoms with van der Waals surface area (Å²) >= 11 is 0. The van der Waals surface area contributed by atoms with Crippen LogP contribution in [0.3, 0.4) is 0 Å². The van der Waals surface area contributed by atoms with E-state index in [4.69, 9.17) is 24.2 Å². The van der Waals surface area contributed by atoms with Gasteiger partial charge in [-0.2, -0.15) is 0 Å². The van der Waals surface area contributed by atoms with E-state index in [1.54, 1.807) is 13.8 Å². The van der Waals surface area contributed by atoms with Gasteiger partial charge in [-0.1, -0.05) is 0 Å². The zero-order valence-electron chi connectivity index (χ0n) is 11.7. The molecule has 110 valence electrons. The molecule has 2 rings (SSSR count). The molecule has 1 aliphatic heterocycles. The van der Waals surface area contributed by atoms with Crippen LogP contribution in [0.4, 0.5) is 0 Å². The minimum absolute atomic E-state index is 0.0230. The molecule has 0 spiro atoms. The highest BCUT2D eigenvalue weighted by atomic mass is 16.8. The number of rotatable bonds is 7. The second-order valence-electron chi connectivity index (χ2n) is 4.70. The zero-order valence-corrected chi connectivity index (χ0v) is 11.7. The van der Waals surface area contributed by atoms with E-state index in [9.17, 15) is 0 Å². The monoisotopic (exact) mass is 281 g/mol. The average Bonchev–Trinajstić information content (AvgIpc) is 2.80. The first-order chi connectivity index (χ1) is 9.61. The lowest BCUT2D eigenvalue weighted by molar-refractivity contribution is -0.128. The van der Waals surface area contributed by atoms with Crippen molar-refractivity contribution in [3.63, 3.8) is 0 Å². The predicted molar refractivity (Wildman–Crippen MR) is 72.6 cm³/mol. The maximum Gasteiger partial charge on any atom is 0.271 e. The summed E-state index contributed by atoms with van der Waals surface area (Å²) in [6.45, 7) is 4.83. The van der Waals surface area contributed by atoms with Gasteiger partial charge in [0.15, 0.2) is 0 Å². The van der Waals surface area contributed by atoms with Crippen molar-refractivity contribution in [3.8, 4) is 5.75 Å². The quantitative estimate of drug-likeness (QED) is 0.767. The molecule has 20 heavy (non-hydrogen) atoms. The largest absolute Gasteiger partial charge is 0.491 e. The third-order valence-corrected chi connectivity index (χ3v) is 2.52. The van der Waals surface area contributed by atoms with Crippen molar-refractivity contribution in [2.45, 2.75) is 19.6 Å². The molecule has 0 fully saturated rings. The molecule has 1 aliphatic rings. The molecule has 0 bridgehead atoms. The van der Waals surface area contributed by atoms with Gasteiger partial charge in [0.25, 0.3) is 11.7 Å². The molecule has 6 nitrogen and oxygen atoms in total. The number of aliphatic hydroxyl groups excluding tert-OH is 1. The first-order valence-corrected chi connectivity index (χ1v) is 6.48. The summed E-state index contributed by atoms with van der Waals surface area (Å²) in [6, 6.07) is 7.37. The van der Waals surface area contributed by atoms with Gasteiger partial charge in [-0.3, -0.25) is 0 Å². The van der Waals surface area contributed by atoms with Crippen molar-refractivity contribution in [2.24, 2.45) is 5.16 Å². The fourth-order valence-corrected chi connectivity index (χ4v) is 1.61. The number of benzene rings is 1. The topological polar surface area (TPSA) is 69.5 Å². The molecule has 0 radical (unpaired) electrons. The molecule has 1 aromatic carbocycles. The smallest absolute Gasteiger partial charge is 0.271 e. The van der Waals surface area contributed by atoms with Crippen LogP contribution in [-0.2, 0) is 14.3 Å². The van der Waals surface area contributed by atoms with Crippen LogP contribution in [0.25, 0.3) is 0 Å². The normalized spacial score (nSPS) is 16.2. The molecule has 1 N–H and O–H groups in total. The lowest BCUT2D eigenvalue weighted by Crippen LogP contribution is -2.22. The van der Waals surface area contributed by atoms with Crippen LogP contribution in [-0.4, -0.2) is 43.2 Å². The molecule has 0 amide bonds. The third-order valence-electron chi connectivity index (χ3n) is 2.52. The number of aliphatic hydroxyl groups is 1. The Morgan fingerprint density at radius 2 is 1.90 bits per heavy atom. The van der Waals surface area contributed by atoms with E-state index >= 15 is 0 Å². The zero-order chi connectivity index (χ0) is 14.4. The Morgan fingerprint density at radius 3 is 2.50 bits per heavy atom. The second-order valence-corrected chi connectivity index (χ2v) is 4.70. The molecule has 6 heteroatoms. The second kappa shape index (κ2) is 6.58. The minimum atomic E-state index is -0.714. The van der Waals surface area contributed by atoms with Crippen LogP contribution in [0.2, 0.25) is 0 Å². The highest BCUT2D eigenvalue weighted by Crippen LogP contribution is 2.23. The lowest BCUT2D eigenvalue weighted by Gasteiger charge is -2.14. The van der Waals surface area contributed by atoms with Crippen molar-refractivity contribution < 1.29 is 24.2 Å². The van der Waals surface area contributed by atoms with Crippen LogP contribution in [0.15, 0.2) is 29.4 Å². The molecular weight excluding hydrogens is 262 g/mol. The van der Waals surface area contributed by atoms with Gasteiger partial charge in [-0.25, -0.2) is 0 Å². The van der Waals surface area contributed by atoms with Gasteiger partial charge in [0.05, 0.1) is 19.8 Å². The van der Waals surface area contributed by atoms with E-state index < -0.39 is 5.79 Å². The fraction of sp³-hybridized carbons (Fsp3) is 0.500. The number of ether oxygens (including phenoxy) is 3. The summed E-state index contributed by atoms with van der Waals surface area (Å²) in [7, 11) is 0. The predicted octanol–water partition coefficient (Wildman–Crippen LogP) is 1.52. The van der Waals surface area contributed by atoms with Crippen molar-refractivity contribution in [3.05, 3.63) is 29.8 Å². The Hall–Kier alpha value is -1.79. The van der Waals surface area contributed by atoms with Gasteiger partial charge in [-0.05, 0) is 29.4 Å². The Morgan fingerprint density at radius 1 is 1.15 bits per heavy atom. The summed E-state index contributed by atoms with van der Waals surface area (Å²) in [5.41, 5.74) is 0.833. The Bertz CT molecular complexity index is 455. The molecule has 1 aromatic rings. The number of nitrogens with zero attached hydrogens (tertiary/aromatic N) is 1. The minimum Gasteiger partial charge on any atom is -0.491 e. The molecule has 0 saturated heterocycles. The van der Waals surface area contributed by atoms with E-state index in [2.05, 4.69) is 5.16 Å². The van der Waals surface area contributed by atoms with E-state index in [0.717, 1.165) is 11.3 Å². The van der Waals surface area contributed by atoms with Crippen LogP contribution in [0, 0.1) is 0 Å². The number of oxime groups is 1. The van der Waals surface area contributed by atoms with Crippen LogP contribution < -0.4 is 4.74 Å². The summed E-state index contributed by atoms with van der Waals surface area (Å²) in [4.78, 5) is 5.14. The fourth-order valence-electron chi connectivity index (χ4n) is 1.61. The van der Waals surface area contributed by atoms with Crippen molar-refractivity contribution in [1.82, 2.24) is 0 Å². The van der Waals surface area contributed by atoms with Gasteiger partial charge in [-0.15, -0.1) is 0 Å². The molecule has 1 heterocycles. The maximum absolute atomic E-state index is 8.55. The van der Waals surface area contributed by atoms with Gasteiger partial charge >= 0.3 is 0 Å². The molecule has 0 aromatic heterocycles. The van der Waals surface area contributed by atoms with E-state index in [0.29, 0.717) is 25.7 Å². The summed E-state index contributed by atoms with van der Waals surface area (Å²) in [5, 5.41) is 12.4. The van der Waals surface area contributed by atoms with Crippen LogP contribution in [0.5, 0.6) is 5.75 Å². The standard InChI is InChI=1S/C14H19NO5/c1-14(2)19-13(15-20-14)11-3-5-12(6-4-11)18-10-9-17-8-7-16/h3-6,16H,7-10H2,1-2H3.